The van der Waals surface area contributed by atoms with Gasteiger partial charge < -0.3 is 9.88 Å². The fraction of sp³-hybridized carbons (Fsp3) is 0.429. The highest BCUT2D eigenvalue weighted by atomic mass is 15.1. The topological polar surface area (TPSA) is 42.7 Å². The first-order valence-corrected chi connectivity index (χ1v) is 6.49. The molecule has 0 bridgehead atoms. The van der Waals surface area contributed by atoms with Gasteiger partial charge in [-0.25, -0.2) is 4.98 Å². The first-order chi connectivity index (χ1) is 8.90. The van der Waals surface area contributed by atoms with Crippen LogP contribution in [0.25, 0.3) is 0 Å². The Morgan fingerprint density at radius 2 is 2.28 bits per heavy atom. The molecule has 1 N–H and O–H groups in total. The first-order valence-electron chi connectivity index (χ1n) is 6.49. The number of pyridine rings is 1. The molecule has 0 aliphatic heterocycles. The lowest BCUT2D eigenvalue weighted by Crippen LogP contribution is -2.19. The highest BCUT2D eigenvalue weighted by Crippen LogP contribution is 2.00. The molecule has 0 fully saturated rings. The van der Waals surface area contributed by atoms with Crippen LogP contribution in [0.1, 0.15) is 24.7 Å². The van der Waals surface area contributed by atoms with Crippen molar-refractivity contribution in [3.05, 3.63) is 48.3 Å². The summed E-state index contributed by atoms with van der Waals surface area (Å²) in [6.07, 6.45) is 9.77. The van der Waals surface area contributed by atoms with E-state index in [1.54, 1.807) is 6.20 Å². The summed E-state index contributed by atoms with van der Waals surface area (Å²) in [6, 6.07) is 4.08. The van der Waals surface area contributed by atoms with Crippen LogP contribution in [0.3, 0.4) is 0 Å². The van der Waals surface area contributed by atoms with Crippen molar-refractivity contribution >= 4 is 0 Å². The molecular formula is C14H20N4. The van der Waals surface area contributed by atoms with Crippen LogP contribution in [-0.4, -0.2) is 21.1 Å². The molecule has 0 spiro atoms. The average molecular weight is 244 g/mol. The Kier molecular flexibility index (Phi) is 4.90. The molecule has 2 heterocycles. The summed E-state index contributed by atoms with van der Waals surface area (Å²) in [7, 11) is 0. The second-order valence-corrected chi connectivity index (χ2v) is 4.32. The van der Waals surface area contributed by atoms with Crippen molar-refractivity contribution in [1.29, 1.82) is 0 Å². The SMILES string of the molecule is CCCn1ccnc1CNCCc1cccnc1. The van der Waals surface area contributed by atoms with Crippen molar-refractivity contribution in [3.8, 4) is 0 Å². The Hall–Kier alpha value is -1.68. The number of nitrogens with one attached hydrogen (secondary N) is 1. The molecule has 18 heavy (non-hydrogen) atoms. The molecule has 0 unspecified atom stereocenters. The average Bonchev–Trinajstić information content (AvgIpc) is 2.84. The van der Waals surface area contributed by atoms with E-state index in [9.17, 15) is 0 Å². The van der Waals surface area contributed by atoms with Gasteiger partial charge in [-0.3, -0.25) is 4.98 Å². The second-order valence-electron chi connectivity index (χ2n) is 4.32. The third-order valence-corrected chi connectivity index (χ3v) is 2.86. The summed E-state index contributed by atoms with van der Waals surface area (Å²) in [6.45, 7) is 5.00. The maximum Gasteiger partial charge on any atom is 0.122 e. The zero-order valence-electron chi connectivity index (χ0n) is 10.8. The summed E-state index contributed by atoms with van der Waals surface area (Å²) in [5.41, 5.74) is 1.27. The molecule has 0 amide bonds. The highest BCUT2D eigenvalue weighted by Gasteiger charge is 2.00. The van der Waals surface area contributed by atoms with Crippen LogP contribution in [-0.2, 0) is 19.5 Å². The van der Waals surface area contributed by atoms with Gasteiger partial charge in [-0.15, -0.1) is 0 Å². The molecule has 0 aliphatic carbocycles. The predicted molar refractivity (Wildman–Crippen MR) is 72.2 cm³/mol. The maximum absolute atomic E-state index is 4.37. The smallest absolute Gasteiger partial charge is 0.122 e. The van der Waals surface area contributed by atoms with E-state index in [0.29, 0.717) is 0 Å². The van der Waals surface area contributed by atoms with E-state index in [2.05, 4.69) is 32.8 Å². The normalized spacial score (nSPS) is 10.7. The lowest BCUT2D eigenvalue weighted by Gasteiger charge is -2.07. The number of hydrogen-bond donors (Lipinski definition) is 1. The molecule has 0 aliphatic rings. The minimum atomic E-state index is 0.827. The van der Waals surface area contributed by atoms with Crippen molar-refractivity contribution in [3.63, 3.8) is 0 Å². The van der Waals surface area contributed by atoms with Gasteiger partial charge in [0.2, 0.25) is 0 Å². The van der Waals surface area contributed by atoms with E-state index < -0.39 is 0 Å². The second kappa shape index (κ2) is 6.91. The van der Waals surface area contributed by atoms with Gasteiger partial charge in [0.1, 0.15) is 5.82 Å². The summed E-state index contributed by atoms with van der Waals surface area (Å²) in [4.78, 5) is 8.48. The van der Waals surface area contributed by atoms with E-state index in [4.69, 9.17) is 0 Å². The molecule has 0 saturated heterocycles. The summed E-state index contributed by atoms with van der Waals surface area (Å²) in [5, 5.41) is 3.42. The van der Waals surface area contributed by atoms with Gasteiger partial charge in [-0.05, 0) is 31.0 Å². The summed E-state index contributed by atoms with van der Waals surface area (Å²) < 4.78 is 2.21. The van der Waals surface area contributed by atoms with Gasteiger partial charge in [0.15, 0.2) is 0 Å². The van der Waals surface area contributed by atoms with E-state index in [1.165, 1.54) is 5.56 Å². The number of nitrogens with zero attached hydrogens (tertiary/aromatic N) is 3. The molecule has 0 saturated carbocycles. The van der Waals surface area contributed by atoms with Gasteiger partial charge in [0, 0.05) is 31.3 Å². The molecule has 0 atom stereocenters. The zero-order chi connectivity index (χ0) is 12.6. The Balaban J connectivity index is 1.73. The molecule has 4 nitrogen and oxygen atoms in total. The van der Waals surface area contributed by atoms with E-state index in [1.807, 2.05) is 24.7 Å². The molecule has 0 radical (unpaired) electrons. The fourth-order valence-electron chi connectivity index (χ4n) is 1.93. The molecule has 2 aromatic heterocycles. The van der Waals surface area contributed by atoms with Crippen LogP contribution in [0.15, 0.2) is 36.9 Å². The van der Waals surface area contributed by atoms with E-state index in [-0.39, 0.29) is 0 Å². The number of aryl methyl sites for hydroxylation is 1. The molecule has 96 valence electrons. The standard InChI is InChI=1S/C14H20N4/c1-2-9-18-10-8-17-14(18)12-16-7-5-13-4-3-6-15-11-13/h3-4,6,8,10-11,16H,2,5,7,9,12H2,1H3. The van der Waals surface area contributed by atoms with Gasteiger partial charge in [0.25, 0.3) is 0 Å². The Bertz CT molecular complexity index is 450. The highest BCUT2D eigenvalue weighted by molar-refractivity contribution is 5.08. The quantitative estimate of drug-likeness (QED) is 0.758. The fourth-order valence-corrected chi connectivity index (χ4v) is 1.93. The zero-order valence-corrected chi connectivity index (χ0v) is 10.8. The van der Waals surface area contributed by atoms with Crippen LogP contribution in [0.4, 0.5) is 0 Å². The number of imidazole rings is 1. The minimum absolute atomic E-state index is 0.827. The molecule has 0 aromatic carbocycles. The van der Waals surface area contributed by atoms with Crippen LogP contribution in [0, 0.1) is 0 Å². The van der Waals surface area contributed by atoms with E-state index >= 15 is 0 Å². The molecule has 2 aromatic rings. The summed E-state index contributed by atoms with van der Waals surface area (Å²) >= 11 is 0. The van der Waals surface area contributed by atoms with Gasteiger partial charge in [-0.2, -0.15) is 0 Å². The van der Waals surface area contributed by atoms with Crippen LogP contribution in [0.5, 0.6) is 0 Å². The minimum Gasteiger partial charge on any atom is -0.334 e. The van der Waals surface area contributed by atoms with Gasteiger partial charge in [-0.1, -0.05) is 13.0 Å². The lowest BCUT2D eigenvalue weighted by molar-refractivity contribution is 0.589. The van der Waals surface area contributed by atoms with E-state index in [0.717, 1.165) is 38.3 Å². The Morgan fingerprint density at radius 3 is 3.06 bits per heavy atom. The van der Waals surface area contributed by atoms with Crippen LogP contribution in [0.2, 0.25) is 0 Å². The predicted octanol–water partition coefficient (Wildman–Crippen LogP) is 2.02. The Labute approximate surface area is 108 Å². The number of aromatic nitrogens is 3. The molecular weight excluding hydrogens is 224 g/mol. The van der Waals surface area contributed by atoms with Crippen molar-refractivity contribution in [2.24, 2.45) is 0 Å². The third kappa shape index (κ3) is 3.67. The largest absolute Gasteiger partial charge is 0.334 e. The van der Waals surface area contributed by atoms with Crippen molar-refractivity contribution in [1.82, 2.24) is 19.9 Å². The Morgan fingerprint density at radius 1 is 1.33 bits per heavy atom. The molecule has 2 rings (SSSR count). The van der Waals surface area contributed by atoms with Gasteiger partial charge >= 0.3 is 0 Å². The van der Waals surface area contributed by atoms with Crippen molar-refractivity contribution < 1.29 is 0 Å². The summed E-state index contributed by atoms with van der Waals surface area (Å²) in [5.74, 6) is 1.11. The van der Waals surface area contributed by atoms with Crippen LogP contribution < -0.4 is 5.32 Å². The van der Waals surface area contributed by atoms with Gasteiger partial charge in [0.05, 0.1) is 6.54 Å². The maximum atomic E-state index is 4.37. The third-order valence-electron chi connectivity index (χ3n) is 2.86. The lowest BCUT2D eigenvalue weighted by atomic mass is 10.2. The molecule has 4 heteroatoms. The number of hydrogen-bond acceptors (Lipinski definition) is 3. The monoisotopic (exact) mass is 244 g/mol. The first kappa shape index (κ1) is 12.8. The number of rotatable bonds is 7. The van der Waals surface area contributed by atoms with Crippen molar-refractivity contribution in [2.45, 2.75) is 32.9 Å². The van der Waals surface area contributed by atoms with Crippen molar-refractivity contribution in [2.75, 3.05) is 6.54 Å². The van der Waals surface area contributed by atoms with Crippen LogP contribution >= 0.6 is 0 Å².